The number of hydrogen-bond donors (Lipinski definition) is 0. The van der Waals surface area contributed by atoms with Gasteiger partial charge in [-0.1, -0.05) is 30.3 Å². The van der Waals surface area contributed by atoms with Crippen molar-refractivity contribution in [1.82, 2.24) is 24.5 Å². The number of rotatable bonds is 2. The van der Waals surface area contributed by atoms with Crippen molar-refractivity contribution in [3.63, 3.8) is 0 Å². The molecule has 7 heteroatoms. The zero-order chi connectivity index (χ0) is 19.3. The molecule has 1 amide bonds. The molecular formula is C21H19N5OS. The molecule has 5 rings (SSSR count). The maximum Gasteiger partial charge on any atom is 0.274 e. The van der Waals surface area contributed by atoms with Crippen molar-refractivity contribution in [2.75, 3.05) is 6.54 Å². The van der Waals surface area contributed by atoms with E-state index in [0.717, 1.165) is 39.0 Å². The van der Waals surface area contributed by atoms with Crippen molar-refractivity contribution < 1.29 is 4.79 Å². The Morgan fingerprint density at radius 2 is 1.93 bits per heavy atom. The monoisotopic (exact) mass is 389 g/mol. The molecule has 0 radical (unpaired) electrons. The number of carbonyl (C=O) groups is 1. The molecule has 28 heavy (non-hydrogen) atoms. The molecule has 0 unspecified atom stereocenters. The molecule has 0 fully saturated rings. The minimum atomic E-state index is -0.0529. The quantitative estimate of drug-likeness (QED) is 0.525. The summed E-state index contributed by atoms with van der Waals surface area (Å²) >= 11 is 1.67. The van der Waals surface area contributed by atoms with Crippen LogP contribution in [0, 0.1) is 13.8 Å². The third-order valence-corrected chi connectivity index (χ3v) is 6.12. The molecule has 3 aromatic heterocycles. The van der Waals surface area contributed by atoms with E-state index < -0.39 is 0 Å². The van der Waals surface area contributed by atoms with Crippen LogP contribution in [0.25, 0.3) is 16.2 Å². The molecule has 6 nitrogen and oxygen atoms in total. The van der Waals surface area contributed by atoms with Gasteiger partial charge in [0.15, 0.2) is 11.3 Å². The van der Waals surface area contributed by atoms with Crippen LogP contribution < -0.4 is 0 Å². The number of benzene rings is 1. The van der Waals surface area contributed by atoms with Gasteiger partial charge in [0.05, 0.1) is 12.2 Å². The first-order chi connectivity index (χ1) is 13.6. The maximum atomic E-state index is 13.1. The SMILES string of the molecule is Cc1cc(C)n2nc(C(=O)N3CCc4nc(-c5ccccc5)sc4C3)cc2n1. The van der Waals surface area contributed by atoms with Gasteiger partial charge < -0.3 is 4.90 Å². The van der Waals surface area contributed by atoms with E-state index in [4.69, 9.17) is 4.98 Å². The summed E-state index contributed by atoms with van der Waals surface area (Å²) in [6.45, 7) is 5.15. The van der Waals surface area contributed by atoms with E-state index >= 15 is 0 Å². The average molecular weight is 389 g/mol. The van der Waals surface area contributed by atoms with Crippen molar-refractivity contribution in [2.45, 2.75) is 26.8 Å². The summed E-state index contributed by atoms with van der Waals surface area (Å²) in [5.41, 5.74) is 5.27. The van der Waals surface area contributed by atoms with E-state index in [1.54, 1.807) is 21.9 Å². The highest BCUT2D eigenvalue weighted by atomic mass is 32.1. The van der Waals surface area contributed by atoms with Crippen LogP contribution in [0.3, 0.4) is 0 Å². The van der Waals surface area contributed by atoms with Crippen LogP contribution in [0.5, 0.6) is 0 Å². The van der Waals surface area contributed by atoms with Crippen LogP contribution in [-0.2, 0) is 13.0 Å². The highest BCUT2D eigenvalue weighted by molar-refractivity contribution is 7.15. The van der Waals surface area contributed by atoms with Crippen LogP contribution in [0.15, 0.2) is 42.5 Å². The van der Waals surface area contributed by atoms with Gasteiger partial charge in [0.25, 0.3) is 5.91 Å². The van der Waals surface area contributed by atoms with Crippen LogP contribution in [0.1, 0.15) is 32.4 Å². The Kier molecular flexibility index (Phi) is 3.98. The molecule has 140 valence electrons. The summed E-state index contributed by atoms with van der Waals surface area (Å²) in [6, 6.07) is 13.9. The summed E-state index contributed by atoms with van der Waals surface area (Å²) < 4.78 is 1.73. The van der Waals surface area contributed by atoms with Crippen LogP contribution in [0.4, 0.5) is 0 Å². The molecule has 0 aliphatic carbocycles. The molecule has 0 atom stereocenters. The zero-order valence-electron chi connectivity index (χ0n) is 15.7. The third-order valence-electron chi connectivity index (χ3n) is 4.99. The molecule has 1 aliphatic rings. The number of fused-ring (bicyclic) bond motifs is 2. The summed E-state index contributed by atoms with van der Waals surface area (Å²) in [6.07, 6.45) is 0.772. The molecule has 1 aromatic carbocycles. The van der Waals surface area contributed by atoms with Gasteiger partial charge >= 0.3 is 0 Å². The van der Waals surface area contributed by atoms with E-state index in [2.05, 4.69) is 22.2 Å². The topological polar surface area (TPSA) is 63.4 Å². The van der Waals surface area contributed by atoms with Crippen molar-refractivity contribution >= 4 is 22.9 Å². The summed E-state index contributed by atoms with van der Waals surface area (Å²) in [5, 5.41) is 5.50. The predicted octanol–water partition coefficient (Wildman–Crippen LogP) is 3.67. The molecular weight excluding hydrogens is 370 g/mol. The average Bonchev–Trinajstić information content (AvgIpc) is 3.31. The smallest absolute Gasteiger partial charge is 0.274 e. The van der Waals surface area contributed by atoms with Gasteiger partial charge in [-0.25, -0.2) is 14.5 Å². The van der Waals surface area contributed by atoms with Gasteiger partial charge in [-0.15, -0.1) is 11.3 Å². The van der Waals surface area contributed by atoms with Gasteiger partial charge in [-0.3, -0.25) is 4.79 Å². The molecule has 4 aromatic rings. The van der Waals surface area contributed by atoms with Crippen LogP contribution in [-0.4, -0.2) is 36.9 Å². The lowest BCUT2D eigenvalue weighted by atomic mass is 10.1. The molecule has 0 saturated carbocycles. The summed E-state index contributed by atoms with van der Waals surface area (Å²) in [4.78, 5) is 25.4. The number of carbonyl (C=O) groups excluding carboxylic acids is 1. The minimum Gasteiger partial charge on any atom is -0.332 e. The van der Waals surface area contributed by atoms with Crippen molar-refractivity contribution in [3.8, 4) is 10.6 Å². The molecule has 1 aliphatic heterocycles. The van der Waals surface area contributed by atoms with Crippen LogP contribution in [0.2, 0.25) is 0 Å². The number of amides is 1. The lowest BCUT2D eigenvalue weighted by molar-refractivity contribution is 0.0730. The number of aromatic nitrogens is 4. The Labute approximate surface area is 166 Å². The second-order valence-electron chi connectivity index (χ2n) is 7.07. The fourth-order valence-electron chi connectivity index (χ4n) is 3.63. The number of hydrogen-bond acceptors (Lipinski definition) is 5. The Balaban J connectivity index is 1.42. The first-order valence-electron chi connectivity index (χ1n) is 9.26. The summed E-state index contributed by atoms with van der Waals surface area (Å²) in [5.74, 6) is -0.0529. The number of thiazole rings is 1. The standard InChI is InChI=1S/C21H19N5OS/c1-13-10-14(2)26-19(22-13)11-17(24-26)21(27)25-9-8-16-18(12-25)28-20(23-16)15-6-4-3-5-7-15/h3-7,10-11H,8-9,12H2,1-2H3. The van der Waals surface area contributed by atoms with Gasteiger partial charge in [0.1, 0.15) is 5.01 Å². The third kappa shape index (κ3) is 2.88. The fraction of sp³-hybridized carbons (Fsp3) is 0.238. The first kappa shape index (κ1) is 17.1. The van der Waals surface area contributed by atoms with Gasteiger partial charge in [0.2, 0.25) is 0 Å². The van der Waals surface area contributed by atoms with E-state index in [1.807, 2.05) is 43.0 Å². The molecule has 0 bridgehead atoms. The van der Waals surface area contributed by atoms with E-state index in [0.29, 0.717) is 24.4 Å². The van der Waals surface area contributed by atoms with Gasteiger partial charge in [-0.2, -0.15) is 5.10 Å². The second-order valence-corrected chi connectivity index (χ2v) is 8.15. The van der Waals surface area contributed by atoms with Crippen molar-refractivity contribution in [1.29, 1.82) is 0 Å². The van der Waals surface area contributed by atoms with Crippen molar-refractivity contribution in [2.24, 2.45) is 0 Å². The normalized spacial score (nSPS) is 13.7. The lowest BCUT2D eigenvalue weighted by Gasteiger charge is -2.25. The second kappa shape index (κ2) is 6.53. The molecule has 0 spiro atoms. The minimum absolute atomic E-state index is 0.0529. The van der Waals surface area contributed by atoms with E-state index in [9.17, 15) is 4.79 Å². The lowest BCUT2D eigenvalue weighted by Crippen LogP contribution is -2.35. The van der Waals surface area contributed by atoms with Crippen LogP contribution >= 0.6 is 11.3 Å². The van der Waals surface area contributed by atoms with E-state index in [-0.39, 0.29) is 5.91 Å². The first-order valence-corrected chi connectivity index (χ1v) is 10.1. The molecule has 0 saturated heterocycles. The number of nitrogens with zero attached hydrogens (tertiary/aromatic N) is 5. The van der Waals surface area contributed by atoms with Gasteiger partial charge in [-0.05, 0) is 19.9 Å². The summed E-state index contributed by atoms with van der Waals surface area (Å²) in [7, 11) is 0. The Morgan fingerprint density at radius 1 is 1.11 bits per heavy atom. The zero-order valence-corrected chi connectivity index (χ0v) is 16.5. The molecule has 0 N–H and O–H groups in total. The Bertz CT molecular complexity index is 1190. The largest absolute Gasteiger partial charge is 0.332 e. The van der Waals surface area contributed by atoms with Gasteiger partial charge in [0, 0.05) is 40.9 Å². The highest BCUT2D eigenvalue weighted by Gasteiger charge is 2.27. The fourth-order valence-corrected chi connectivity index (χ4v) is 4.76. The maximum absolute atomic E-state index is 13.1. The molecule has 4 heterocycles. The number of aryl methyl sites for hydroxylation is 2. The Hall–Kier alpha value is -3.06. The Morgan fingerprint density at radius 3 is 2.75 bits per heavy atom. The van der Waals surface area contributed by atoms with E-state index in [1.165, 1.54) is 0 Å². The predicted molar refractivity (Wildman–Crippen MR) is 108 cm³/mol. The van der Waals surface area contributed by atoms with Crippen molar-refractivity contribution in [3.05, 3.63) is 70.1 Å². The highest BCUT2D eigenvalue weighted by Crippen LogP contribution is 2.32.